The zero-order chi connectivity index (χ0) is 23.1. The maximum absolute atomic E-state index is 13.0. The number of piperidine rings is 1. The maximum atomic E-state index is 13.0. The topological polar surface area (TPSA) is 105 Å². The molecule has 3 rings (SSSR count). The average Bonchev–Trinajstić information content (AvgIpc) is 2.82. The fraction of sp³-hybridized carbons (Fsp3) is 0.391. The highest BCUT2D eigenvalue weighted by Crippen LogP contribution is 2.23. The lowest BCUT2D eigenvalue weighted by atomic mass is 9.95. The Labute approximate surface area is 189 Å². The molecule has 0 radical (unpaired) electrons. The van der Waals surface area contributed by atoms with Gasteiger partial charge in [-0.05, 0) is 49.6 Å². The average molecular weight is 460 g/mol. The molecule has 8 nitrogen and oxygen atoms in total. The van der Waals surface area contributed by atoms with Crippen LogP contribution in [0, 0.1) is 5.92 Å². The highest BCUT2D eigenvalue weighted by molar-refractivity contribution is 7.92. The third-order valence-corrected chi connectivity index (χ3v) is 6.79. The van der Waals surface area contributed by atoms with E-state index in [0.717, 1.165) is 6.42 Å². The van der Waals surface area contributed by atoms with E-state index in [1.54, 1.807) is 35.2 Å². The van der Waals surface area contributed by atoms with Crippen LogP contribution >= 0.6 is 0 Å². The van der Waals surface area contributed by atoms with Crippen molar-refractivity contribution in [3.8, 4) is 5.75 Å². The molecule has 0 atom stereocenters. The number of carbonyl (C=O) groups is 2. The summed E-state index contributed by atoms with van der Waals surface area (Å²) >= 11 is 0. The molecule has 0 saturated carbocycles. The van der Waals surface area contributed by atoms with Crippen molar-refractivity contribution < 1.29 is 22.7 Å². The minimum absolute atomic E-state index is 0.0490. The van der Waals surface area contributed by atoms with E-state index in [9.17, 15) is 18.0 Å². The number of anilines is 1. The second-order valence-electron chi connectivity index (χ2n) is 7.72. The van der Waals surface area contributed by atoms with E-state index >= 15 is 0 Å². The van der Waals surface area contributed by atoms with E-state index in [0.29, 0.717) is 49.5 Å². The summed E-state index contributed by atoms with van der Waals surface area (Å²) < 4.78 is 33.1. The smallest absolute Gasteiger partial charge is 0.262 e. The standard InChI is InChI=1S/C23H29N3O5S/c1-3-12-24-22(27)17-10-13-26(14-11-17)23(28)18-6-4-7-19(15-18)25-32(29,30)21-9-5-8-20(16-21)31-2/h4-9,15-17,25H,3,10-14H2,1-2H3,(H,24,27). The normalized spacial score (nSPS) is 14.6. The monoisotopic (exact) mass is 459 g/mol. The van der Waals surface area contributed by atoms with Gasteiger partial charge in [0.25, 0.3) is 15.9 Å². The molecule has 1 aliphatic heterocycles. The molecule has 2 aromatic carbocycles. The van der Waals surface area contributed by atoms with Crippen molar-refractivity contribution in [3.63, 3.8) is 0 Å². The molecule has 1 saturated heterocycles. The van der Waals surface area contributed by atoms with Crippen LogP contribution in [0.15, 0.2) is 53.4 Å². The van der Waals surface area contributed by atoms with Crippen LogP contribution in [0.4, 0.5) is 5.69 Å². The predicted octanol–water partition coefficient (Wildman–Crippen LogP) is 2.87. The van der Waals surface area contributed by atoms with Crippen LogP contribution in [-0.2, 0) is 14.8 Å². The van der Waals surface area contributed by atoms with Crippen molar-refractivity contribution in [3.05, 3.63) is 54.1 Å². The number of benzene rings is 2. The van der Waals surface area contributed by atoms with Gasteiger partial charge in [0.05, 0.1) is 12.0 Å². The number of hydrogen-bond donors (Lipinski definition) is 2. The van der Waals surface area contributed by atoms with Gasteiger partial charge in [-0.2, -0.15) is 0 Å². The van der Waals surface area contributed by atoms with Gasteiger partial charge >= 0.3 is 0 Å². The third-order valence-electron chi connectivity index (χ3n) is 5.42. The molecule has 2 N–H and O–H groups in total. The van der Waals surface area contributed by atoms with E-state index in [1.807, 2.05) is 6.92 Å². The predicted molar refractivity (Wildman–Crippen MR) is 122 cm³/mol. The molecule has 172 valence electrons. The molecule has 2 amide bonds. The molecule has 0 aromatic heterocycles. The molecule has 9 heteroatoms. The molecule has 1 heterocycles. The fourth-order valence-corrected chi connectivity index (χ4v) is 4.70. The lowest BCUT2D eigenvalue weighted by Gasteiger charge is -2.31. The van der Waals surface area contributed by atoms with Crippen LogP contribution in [0.5, 0.6) is 5.75 Å². The quantitative estimate of drug-likeness (QED) is 0.632. The number of ether oxygens (including phenoxy) is 1. The first-order valence-corrected chi connectivity index (χ1v) is 12.2. The number of hydrogen-bond acceptors (Lipinski definition) is 5. The van der Waals surface area contributed by atoms with Gasteiger partial charge in [-0.3, -0.25) is 14.3 Å². The number of rotatable bonds is 8. The van der Waals surface area contributed by atoms with Crippen LogP contribution in [-0.4, -0.2) is 51.9 Å². The summed E-state index contributed by atoms with van der Waals surface area (Å²) in [5.74, 6) is 0.225. The molecular formula is C23H29N3O5S. The summed E-state index contributed by atoms with van der Waals surface area (Å²) in [4.78, 5) is 26.9. The first-order valence-electron chi connectivity index (χ1n) is 10.7. The molecule has 0 bridgehead atoms. The van der Waals surface area contributed by atoms with Crippen molar-refractivity contribution in [1.29, 1.82) is 0 Å². The number of methoxy groups -OCH3 is 1. The first-order chi connectivity index (χ1) is 15.3. The molecule has 0 aliphatic carbocycles. The Morgan fingerprint density at radius 3 is 2.50 bits per heavy atom. The summed E-state index contributed by atoms with van der Waals surface area (Å²) in [5.41, 5.74) is 0.692. The molecule has 0 unspecified atom stereocenters. The minimum atomic E-state index is -3.84. The minimum Gasteiger partial charge on any atom is -0.497 e. The van der Waals surface area contributed by atoms with Gasteiger partial charge in [0.2, 0.25) is 5.91 Å². The van der Waals surface area contributed by atoms with Crippen LogP contribution in [0.25, 0.3) is 0 Å². The zero-order valence-corrected chi connectivity index (χ0v) is 19.2. The Bertz CT molecular complexity index is 1060. The summed E-state index contributed by atoms with van der Waals surface area (Å²) in [5, 5.41) is 2.91. The first kappa shape index (κ1) is 23.6. The summed E-state index contributed by atoms with van der Waals surface area (Å²) in [6.45, 7) is 3.65. The van der Waals surface area contributed by atoms with E-state index in [-0.39, 0.29) is 22.6 Å². The maximum Gasteiger partial charge on any atom is 0.262 e. The van der Waals surface area contributed by atoms with Gasteiger partial charge in [-0.25, -0.2) is 8.42 Å². The summed E-state index contributed by atoms with van der Waals surface area (Å²) in [7, 11) is -2.37. The van der Waals surface area contributed by atoms with Crippen molar-refractivity contribution in [2.45, 2.75) is 31.1 Å². The third kappa shape index (κ3) is 5.79. The van der Waals surface area contributed by atoms with Crippen molar-refractivity contribution in [2.75, 3.05) is 31.5 Å². The van der Waals surface area contributed by atoms with E-state index < -0.39 is 10.0 Å². The number of likely N-dealkylation sites (tertiary alicyclic amines) is 1. The van der Waals surface area contributed by atoms with Gasteiger partial charge in [-0.1, -0.05) is 19.1 Å². The highest BCUT2D eigenvalue weighted by atomic mass is 32.2. The summed E-state index contributed by atoms with van der Waals surface area (Å²) in [6, 6.07) is 12.6. The van der Waals surface area contributed by atoms with Crippen LogP contribution in [0.2, 0.25) is 0 Å². The van der Waals surface area contributed by atoms with Gasteiger partial charge < -0.3 is 15.0 Å². The van der Waals surface area contributed by atoms with Gasteiger partial charge in [0.15, 0.2) is 0 Å². The lowest BCUT2D eigenvalue weighted by molar-refractivity contribution is -0.126. The van der Waals surface area contributed by atoms with Crippen molar-refractivity contribution in [2.24, 2.45) is 5.92 Å². The Kier molecular flexibility index (Phi) is 7.74. The Balaban J connectivity index is 1.66. The van der Waals surface area contributed by atoms with Crippen LogP contribution in [0.1, 0.15) is 36.5 Å². The molecule has 32 heavy (non-hydrogen) atoms. The Morgan fingerprint density at radius 2 is 1.81 bits per heavy atom. The second kappa shape index (κ2) is 10.5. The highest BCUT2D eigenvalue weighted by Gasteiger charge is 2.27. The van der Waals surface area contributed by atoms with Crippen LogP contribution < -0.4 is 14.8 Å². The fourth-order valence-electron chi connectivity index (χ4n) is 3.62. The molecular weight excluding hydrogens is 430 g/mol. The number of nitrogens with one attached hydrogen (secondary N) is 2. The summed E-state index contributed by atoms with van der Waals surface area (Å²) in [6.07, 6.45) is 2.12. The van der Waals surface area contributed by atoms with E-state index in [1.165, 1.54) is 25.3 Å². The number of sulfonamides is 1. The van der Waals surface area contributed by atoms with E-state index in [2.05, 4.69) is 10.0 Å². The largest absolute Gasteiger partial charge is 0.497 e. The van der Waals surface area contributed by atoms with Gasteiger partial charge in [-0.15, -0.1) is 0 Å². The Morgan fingerprint density at radius 1 is 1.09 bits per heavy atom. The number of carbonyl (C=O) groups excluding carboxylic acids is 2. The van der Waals surface area contributed by atoms with Crippen molar-refractivity contribution in [1.82, 2.24) is 10.2 Å². The molecule has 1 aliphatic rings. The Hall–Kier alpha value is -3.07. The SMILES string of the molecule is CCCNC(=O)C1CCN(C(=O)c2cccc(NS(=O)(=O)c3cccc(OC)c3)c2)CC1. The van der Waals surface area contributed by atoms with Crippen molar-refractivity contribution >= 4 is 27.5 Å². The molecule has 2 aromatic rings. The van der Waals surface area contributed by atoms with E-state index in [4.69, 9.17) is 4.74 Å². The van der Waals surface area contributed by atoms with Gasteiger partial charge in [0.1, 0.15) is 5.75 Å². The molecule has 1 fully saturated rings. The lowest BCUT2D eigenvalue weighted by Crippen LogP contribution is -2.43. The van der Waals surface area contributed by atoms with Gasteiger partial charge in [0, 0.05) is 42.9 Å². The number of amides is 2. The van der Waals surface area contributed by atoms with Crippen LogP contribution in [0.3, 0.4) is 0 Å². The molecule has 0 spiro atoms. The zero-order valence-electron chi connectivity index (χ0n) is 18.3. The number of nitrogens with zero attached hydrogens (tertiary/aromatic N) is 1. The second-order valence-corrected chi connectivity index (χ2v) is 9.41.